The summed E-state index contributed by atoms with van der Waals surface area (Å²) in [7, 11) is 0. The lowest BCUT2D eigenvalue weighted by Gasteiger charge is -2.28. The largest absolute Gasteiger partial charge is 0.484 e. The minimum absolute atomic E-state index is 0.0340. The number of hydrogen-bond acceptors (Lipinski definition) is 5. The first kappa shape index (κ1) is 21.3. The van der Waals surface area contributed by atoms with Gasteiger partial charge in [-0.2, -0.15) is 5.10 Å². The summed E-state index contributed by atoms with van der Waals surface area (Å²) in [6.45, 7) is -0.0340. The average molecular weight is 485 g/mol. The van der Waals surface area contributed by atoms with Gasteiger partial charge in [-0.3, -0.25) is 4.79 Å². The number of allylic oxidation sites excluding steroid dienone is 1. The van der Waals surface area contributed by atoms with Gasteiger partial charge in [0.2, 0.25) is 0 Å². The SMILES string of the molecule is O=C(COc1ccc2ccccc2c1)N1N=C2/C(=C/c3cccs3)CCC[C@@H]2[C@@H]1c1cccs1. The Kier molecular flexibility index (Phi) is 5.77. The van der Waals surface area contributed by atoms with Gasteiger partial charge in [-0.25, -0.2) is 5.01 Å². The van der Waals surface area contributed by atoms with E-state index in [9.17, 15) is 4.79 Å². The molecular weight excluding hydrogens is 460 g/mol. The number of amides is 1. The summed E-state index contributed by atoms with van der Waals surface area (Å²) in [5.74, 6) is 0.814. The van der Waals surface area contributed by atoms with Gasteiger partial charge in [0.15, 0.2) is 6.61 Å². The first-order valence-electron chi connectivity index (χ1n) is 11.6. The van der Waals surface area contributed by atoms with Gasteiger partial charge in [0, 0.05) is 15.7 Å². The molecule has 1 aliphatic heterocycles. The van der Waals surface area contributed by atoms with Crippen molar-refractivity contribution in [1.29, 1.82) is 0 Å². The molecule has 4 aromatic rings. The van der Waals surface area contributed by atoms with Crippen molar-refractivity contribution in [3.63, 3.8) is 0 Å². The third-order valence-corrected chi connectivity index (χ3v) is 8.30. The second-order valence-electron chi connectivity index (χ2n) is 8.67. The first-order chi connectivity index (χ1) is 16.8. The Balaban J connectivity index is 1.28. The van der Waals surface area contributed by atoms with Crippen molar-refractivity contribution in [2.24, 2.45) is 11.0 Å². The maximum Gasteiger partial charge on any atom is 0.281 e. The van der Waals surface area contributed by atoms with Gasteiger partial charge < -0.3 is 4.74 Å². The second kappa shape index (κ2) is 9.20. The molecule has 2 aromatic heterocycles. The molecule has 1 aliphatic carbocycles. The normalized spacial score (nSPS) is 21.0. The lowest BCUT2D eigenvalue weighted by Crippen LogP contribution is -2.34. The van der Waals surface area contributed by atoms with Gasteiger partial charge in [0.25, 0.3) is 5.91 Å². The minimum Gasteiger partial charge on any atom is -0.484 e. The summed E-state index contributed by atoms with van der Waals surface area (Å²) in [5, 5.41) is 13.0. The fourth-order valence-corrected chi connectivity index (χ4v) is 6.52. The maximum atomic E-state index is 13.4. The highest BCUT2D eigenvalue weighted by molar-refractivity contribution is 7.11. The van der Waals surface area contributed by atoms with E-state index < -0.39 is 0 Å². The third kappa shape index (κ3) is 4.08. The van der Waals surface area contributed by atoms with Gasteiger partial charge in [-0.15, -0.1) is 22.7 Å². The summed E-state index contributed by atoms with van der Waals surface area (Å²) in [5.41, 5.74) is 2.32. The van der Waals surface area contributed by atoms with Crippen LogP contribution in [0.2, 0.25) is 0 Å². The number of hydrogen-bond donors (Lipinski definition) is 0. The number of nitrogens with zero attached hydrogens (tertiary/aromatic N) is 2. The molecule has 0 bridgehead atoms. The monoisotopic (exact) mass is 484 g/mol. The van der Waals surface area contributed by atoms with E-state index in [-0.39, 0.29) is 24.5 Å². The van der Waals surface area contributed by atoms with Crippen molar-refractivity contribution in [2.75, 3.05) is 6.61 Å². The molecule has 0 spiro atoms. The highest BCUT2D eigenvalue weighted by Gasteiger charge is 2.44. The molecule has 0 saturated heterocycles. The topological polar surface area (TPSA) is 41.9 Å². The average Bonchev–Trinajstić information content (AvgIpc) is 3.63. The molecule has 2 aromatic carbocycles. The number of ether oxygens (including phenoxy) is 1. The summed E-state index contributed by atoms with van der Waals surface area (Å²) in [6.07, 6.45) is 5.40. The van der Waals surface area contributed by atoms with Crippen LogP contribution in [0.5, 0.6) is 5.75 Å². The Morgan fingerprint density at radius 3 is 2.71 bits per heavy atom. The zero-order valence-corrected chi connectivity index (χ0v) is 20.2. The molecule has 1 fully saturated rings. The van der Waals surface area contributed by atoms with Crippen molar-refractivity contribution in [2.45, 2.75) is 25.3 Å². The first-order valence-corrected chi connectivity index (χ1v) is 13.3. The molecule has 1 amide bonds. The Bertz CT molecular complexity index is 1370. The fourth-order valence-electron chi connectivity index (χ4n) is 4.96. The highest BCUT2D eigenvalue weighted by Crippen LogP contribution is 2.45. The van der Waals surface area contributed by atoms with Gasteiger partial charge >= 0.3 is 0 Å². The molecule has 4 nitrogen and oxygen atoms in total. The van der Waals surface area contributed by atoms with Crippen molar-refractivity contribution in [1.82, 2.24) is 5.01 Å². The van der Waals surface area contributed by atoms with Crippen molar-refractivity contribution in [3.05, 3.63) is 92.8 Å². The minimum atomic E-state index is -0.107. The van der Waals surface area contributed by atoms with Crippen LogP contribution in [0.15, 0.2) is 88.2 Å². The van der Waals surface area contributed by atoms with Crippen LogP contribution < -0.4 is 4.74 Å². The molecule has 6 heteroatoms. The Hall–Kier alpha value is -3.22. The molecule has 0 unspecified atom stereocenters. The van der Waals surface area contributed by atoms with Crippen LogP contribution >= 0.6 is 22.7 Å². The van der Waals surface area contributed by atoms with Gasteiger partial charge in [-0.1, -0.05) is 42.5 Å². The molecule has 170 valence electrons. The number of carbonyl (C=O) groups is 1. The summed E-state index contributed by atoms with van der Waals surface area (Å²) in [6, 6.07) is 22.4. The highest BCUT2D eigenvalue weighted by atomic mass is 32.1. The number of carbonyl (C=O) groups excluding carboxylic acids is 1. The number of thiophene rings is 2. The lowest BCUT2D eigenvalue weighted by atomic mass is 9.79. The molecule has 0 N–H and O–H groups in total. The van der Waals surface area contributed by atoms with Crippen molar-refractivity contribution >= 4 is 51.1 Å². The zero-order chi connectivity index (χ0) is 22.9. The zero-order valence-electron chi connectivity index (χ0n) is 18.6. The molecular formula is C28H24N2O2S2. The molecule has 1 saturated carbocycles. The number of benzene rings is 2. The standard InChI is InChI=1S/C28H24N2O2S2/c31-26(18-32-22-13-12-19-6-1-2-7-20(19)16-22)30-28(25-11-5-15-34-25)24-10-3-8-21(27(24)29-30)17-23-9-4-14-33-23/h1-2,4-7,9,11-17,24,28H,3,8,10,18H2/b21-17+/t24-,28+/m0/s1. The third-order valence-electron chi connectivity index (χ3n) is 6.53. The van der Waals surface area contributed by atoms with Crippen LogP contribution in [0.4, 0.5) is 0 Å². The quantitative estimate of drug-likeness (QED) is 0.301. The van der Waals surface area contributed by atoms with Crippen LogP contribution in [0, 0.1) is 5.92 Å². The number of fused-ring (bicyclic) bond motifs is 2. The molecule has 2 aliphatic rings. The van der Waals surface area contributed by atoms with Crippen LogP contribution in [0.25, 0.3) is 16.8 Å². The Labute approximate surface area is 206 Å². The van der Waals surface area contributed by atoms with E-state index in [1.807, 2.05) is 30.3 Å². The van der Waals surface area contributed by atoms with Gasteiger partial charge in [0.1, 0.15) is 5.75 Å². The molecule has 3 heterocycles. The lowest BCUT2D eigenvalue weighted by molar-refractivity contribution is -0.135. The summed E-state index contributed by atoms with van der Waals surface area (Å²) >= 11 is 3.43. The fraction of sp³-hybridized carbons (Fsp3) is 0.214. The van der Waals surface area contributed by atoms with E-state index in [2.05, 4.69) is 53.2 Å². The predicted molar refractivity (Wildman–Crippen MR) is 140 cm³/mol. The molecule has 6 rings (SSSR count). The van der Waals surface area contributed by atoms with E-state index >= 15 is 0 Å². The van der Waals surface area contributed by atoms with E-state index in [0.717, 1.165) is 35.7 Å². The number of hydrazone groups is 1. The van der Waals surface area contributed by atoms with E-state index in [4.69, 9.17) is 9.84 Å². The Morgan fingerprint density at radius 1 is 1.03 bits per heavy atom. The number of rotatable bonds is 5. The van der Waals surface area contributed by atoms with Gasteiger partial charge in [0.05, 0.1) is 11.8 Å². The smallest absolute Gasteiger partial charge is 0.281 e. The van der Waals surface area contributed by atoms with Gasteiger partial charge in [-0.05, 0) is 76.7 Å². The van der Waals surface area contributed by atoms with Crippen LogP contribution in [-0.2, 0) is 4.79 Å². The summed E-state index contributed by atoms with van der Waals surface area (Å²) in [4.78, 5) is 15.8. The van der Waals surface area contributed by atoms with Crippen molar-refractivity contribution < 1.29 is 9.53 Å². The molecule has 34 heavy (non-hydrogen) atoms. The van der Waals surface area contributed by atoms with Crippen LogP contribution in [0.1, 0.15) is 35.1 Å². The molecule has 0 radical (unpaired) electrons. The van der Waals surface area contributed by atoms with E-state index in [1.54, 1.807) is 27.7 Å². The second-order valence-corrected chi connectivity index (χ2v) is 10.6. The van der Waals surface area contributed by atoms with Crippen molar-refractivity contribution in [3.8, 4) is 5.75 Å². The van der Waals surface area contributed by atoms with Crippen LogP contribution in [0.3, 0.4) is 0 Å². The maximum absolute atomic E-state index is 13.4. The van der Waals surface area contributed by atoms with E-state index in [0.29, 0.717) is 5.75 Å². The summed E-state index contributed by atoms with van der Waals surface area (Å²) < 4.78 is 5.95. The molecule has 2 atom stereocenters. The Morgan fingerprint density at radius 2 is 1.88 bits per heavy atom. The van der Waals surface area contributed by atoms with Crippen LogP contribution in [-0.4, -0.2) is 23.2 Å². The predicted octanol–water partition coefficient (Wildman–Crippen LogP) is 7.16. The van der Waals surface area contributed by atoms with E-state index in [1.165, 1.54) is 15.3 Å².